The van der Waals surface area contributed by atoms with Crippen LogP contribution >= 0.6 is 12.2 Å². The number of carbonyl (C=O) groups is 1. The van der Waals surface area contributed by atoms with Crippen LogP contribution in [0, 0.1) is 0 Å². The molecule has 23 heavy (non-hydrogen) atoms. The second-order valence-electron chi connectivity index (χ2n) is 6.15. The Kier molecular flexibility index (Phi) is 7.81. The summed E-state index contributed by atoms with van der Waals surface area (Å²) in [5, 5.41) is 6.78. The molecule has 2 N–H and O–H groups in total. The van der Waals surface area contributed by atoms with Crippen molar-refractivity contribution in [1.29, 1.82) is 0 Å². The molecule has 0 spiro atoms. The van der Waals surface area contributed by atoms with Crippen molar-refractivity contribution in [1.82, 2.24) is 10.6 Å². The Bertz CT molecular complexity index is 510. The van der Waals surface area contributed by atoms with Gasteiger partial charge in [-0.25, -0.2) is 0 Å². The summed E-state index contributed by atoms with van der Waals surface area (Å²) in [5.74, 6) is 0.646. The highest BCUT2D eigenvalue weighted by Gasteiger charge is 2.15. The standard InChI is InChI=1S/C17H26N2O3S/c1-17(2,3)22-15(20)6-5-11-18-16(23)19-12-13-7-9-14(21-4)10-8-13/h7-10H,5-6,11-12H2,1-4H3,(H2,18,19,23). The van der Waals surface area contributed by atoms with Crippen molar-refractivity contribution in [3.05, 3.63) is 29.8 Å². The number of hydrogen-bond donors (Lipinski definition) is 2. The van der Waals surface area contributed by atoms with E-state index in [1.165, 1.54) is 0 Å². The quantitative estimate of drug-likeness (QED) is 0.453. The summed E-state index contributed by atoms with van der Waals surface area (Å²) in [6.07, 6.45) is 1.06. The van der Waals surface area contributed by atoms with Crippen molar-refractivity contribution in [3.63, 3.8) is 0 Å². The van der Waals surface area contributed by atoms with E-state index >= 15 is 0 Å². The first-order valence-corrected chi connectivity index (χ1v) is 8.07. The van der Waals surface area contributed by atoms with E-state index in [0.29, 0.717) is 31.0 Å². The zero-order valence-corrected chi connectivity index (χ0v) is 15.1. The minimum absolute atomic E-state index is 0.184. The van der Waals surface area contributed by atoms with Crippen LogP contribution in [0.25, 0.3) is 0 Å². The van der Waals surface area contributed by atoms with Crippen LogP contribution in [0.3, 0.4) is 0 Å². The van der Waals surface area contributed by atoms with Gasteiger partial charge in [0.1, 0.15) is 11.4 Å². The molecule has 0 radical (unpaired) electrons. The van der Waals surface area contributed by atoms with Gasteiger partial charge < -0.3 is 20.1 Å². The molecule has 0 saturated heterocycles. The summed E-state index contributed by atoms with van der Waals surface area (Å²) >= 11 is 5.21. The maximum Gasteiger partial charge on any atom is 0.306 e. The van der Waals surface area contributed by atoms with Crippen molar-refractivity contribution in [2.75, 3.05) is 13.7 Å². The van der Waals surface area contributed by atoms with Crippen LogP contribution in [-0.2, 0) is 16.1 Å². The molecule has 0 aromatic heterocycles. The smallest absolute Gasteiger partial charge is 0.306 e. The number of hydrogen-bond acceptors (Lipinski definition) is 4. The summed E-state index contributed by atoms with van der Waals surface area (Å²) in [4.78, 5) is 11.6. The molecular formula is C17H26N2O3S. The molecule has 6 heteroatoms. The Hall–Kier alpha value is -1.82. The van der Waals surface area contributed by atoms with E-state index < -0.39 is 5.60 Å². The normalized spacial score (nSPS) is 10.8. The lowest BCUT2D eigenvalue weighted by molar-refractivity contribution is -0.154. The largest absolute Gasteiger partial charge is 0.497 e. The topological polar surface area (TPSA) is 59.6 Å². The fourth-order valence-electron chi connectivity index (χ4n) is 1.82. The average Bonchev–Trinajstić information content (AvgIpc) is 2.48. The molecule has 1 aromatic rings. The molecule has 0 aliphatic heterocycles. The van der Waals surface area contributed by atoms with Gasteiger partial charge in [-0.05, 0) is 57.1 Å². The molecule has 1 rings (SSSR count). The summed E-state index contributed by atoms with van der Waals surface area (Å²) in [7, 11) is 1.64. The SMILES string of the molecule is COc1ccc(CNC(=S)NCCCC(=O)OC(C)(C)C)cc1. The molecule has 0 saturated carbocycles. The van der Waals surface area contributed by atoms with Crippen LogP contribution in [0.15, 0.2) is 24.3 Å². The van der Waals surface area contributed by atoms with Gasteiger partial charge >= 0.3 is 5.97 Å². The number of nitrogens with one attached hydrogen (secondary N) is 2. The van der Waals surface area contributed by atoms with Gasteiger partial charge in [0, 0.05) is 19.5 Å². The Morgan fingerprint density at radius 1 is 1.17 bits per heavy atom. The highest BCUT2D eigenvalue weighted by Crippen LogP contribution is 2.11. The fourth-order valence-corrected chi connectivity index (χ4v) is 1.99. The second-order valence-corrected chi connectivity index (χ2v) is 6.56. The number of rotatable bonds is 7. The van der Waals surface area contributed by atoms with E-state index in [1.807, 2.05) is 45.0 Å². The zero-order valence-electron chi connectivity index (χ0n) is 14.3. The highest BCUT2D eigenvalue weighted by molar-refractivity contribution is 7.80. The Morgan fingerprint density at radius 3 is 2.39 bits per heavy atom. The molecule has 128 valence electrons. The molecule has 0 heterocycles. The van der Waals surface area contributed by atoms with Gasteiger partial charge in [-0.1, -0.05) is 12.1 Å². The number of ether oxygens (including phenoxy) is 2. The molecule has 0 amide bonds. The lowest BCUT2D eigenvalue weighted by atomic mass is 10.2. The van der Waals surface area contributed by atoms with Crippen molar-refractivity contribution < 1.29 is 14.3 Å². The molecule has 5 nitrogen and oxygen atoms in total. The maximum atomic E-state index is 11.6. The van der Waals surface area contributed by atoms with Gasteiger partial charge in [-0.15, -0.1) is 0 Å². The van der Waals surface area contributed by atoms with Gasteiger partial charge in [0.15, 0.2) is 5.11 Å². The lowest BCUT2D eigenvalue weighted by Crippen LogP contribution is -2.35. The van der Waals surface area contributed by atoms with Gasteiger partial charge in [0.2, 0.25) is 0 Å². The van der Waals surface area contributed by atoms with Crippen LogP contribution in [0.1, 0.15) is 39.2 Å². The molecular weight excluding hydrogens is 312 g/mol. The Morgan fingerprint density at radius 2 is 1.83 bits per heavy atom. The van der Waals surface area contributed by atoms with Crippen LogP contribution in [0.5, 0.6) is 5.75 Å². The number of thiocarbonyl (C=S) groups is 1. The third-order valence-corrected chi connectivity index (χ3v) is 3.16. The van der Waals surface area contributed by atoms with Crippen molar-refractivity contribution in [3.8, 4) is 5.75 Å². The Labute approximate surface area is 143 Å². The monoisotopic (exact) mass is 338 g/mol. The molecule has 0 atom stereocenters. The van der Waals surface area contributed by atoms with E-state index in [2.05, 4.69) is 10.6 Å². The summed E-state index contributed by atoms with van der Waals surface area (Å²) in [5.41, 5.74) is 0.684. The minimum atomic E-state index is -0.431. The fraction of sp³-hybridized carbons (Fsp3) is 0.529. The van der Waals surface area contributed by atoms with Crippen molar-refractivity contribution in [2.45, 2.75) is 45.8 Å². The third kappa shape index (κ3) is 9.03. The van der Waals surface area contributed by atoms with Crippen molar-refractivity contribution >= 4 is 23.3 Å². The first-order valence-electron chi connectivity index (χ1n) is 7.66. The van der Waals surface area contributed by atoms with E-state index in [-0.39, 0.29) is 5.97 Å². The average molecular weight is 338 g/mol. The third-order valence-electron chi connectivity index (χ3n) is 2.88. The summed E-state index contributed by atoms with van der Waals surface area (Å²) < 4.78 is 10.4. The predicted octanol–water partition coefficient (Wildman–Crippen LogP) is 2.78. The molecule has 1 aromatic carbocycles. The molecule has 0 fully saturated rings. The predicted molar refractivity (Wildman–Crippen MR) is 95.5 cm³/mol. The minimum Gasteiger partial charge on any atom is -0.497 e. The zero-order chi connectivity index (χ0) is 17.3. The summed E-state index contributed by atoms with van der Waals surface area (Å²) in [6, 6.07) is 7.79. The van der Waals surface area contributed by atoms with Gasteiger partial charge in [-0.3, -0.25) is 4.79 Å². The summed E-state index contributed by atoms with van der Waals surface area (Å²) in [6.45, 7) is 6.86. The molecule has 0 bridgehead atoms. The number of esters is 1. The maximum absolute atomic E-state index is 11.6. The molecule has 0 aliphatic carbocycles. The van der Waals surface area contributed by atoms with E-state index in [1.54, 1.807) is 7.11 Å². The second kappa shape index (κ2) is 9.35. The molecule has 0 unspecified atom stereocenters. The number of benzene rings is 1. The van der Waals surface area contributed by atoms with Crippen molar-refractivity contribution in [2.24, 2.45) is 0 Å². The highest BCUT2D eigenvalue weighted by atomic mass is 32.1. The first kappa shape index (κ1) is 19.2. The molecule has 0 aliphatic rings. The van der Waals surface area contributed by atoms with Crippen LogP contribution in [-0.4, -0.2) is 30.3 Å². The van der Waals surface area contributed by atoms with E-state index in [0.717, 1.165) is 11.3 Å². The van der Waals surface area contributed by atoms with E-state index in [4.69, 9.17) is 21.7 Å². The van der Waals surface area contributed by atoms with Crippen LogP contribution < -0.4 is 15.4 Å². The Balaban J connectivity index is 2.15. The van der Waals surface area contributed by atoms with Crippen LogP contribution in [0.4, 0.5) is 0 Å². The van der Waals surface area contributed by atoms with Gasteiger partial charge in [-0.2, -0.15) is 0 Å². The number of carbonyl (C=O) groups excluding carboxylic acids is 1. The number of methoxy groups -OCH3 is 1. The van der Waals surface area contributed by atoms with E-state index in [9.17, 15) is 4.79 Å². The lowest BCUT2D eigenvalue weighted by Gasteiger charge is -2.19. The van der Waals surface area contributed by atoms with Gasteiger partial charge in [0.05, 0.1) is 7.11 Å². The van der Waals surface area contributed by atoms with Crippen LogP contribution in [0.2, 0.25) is 0 Å². The van der Waals surface area contributed by atoms with Gasteiger partial charge in [0.25, 0.3) is 0 Å². The first-order chi connectivity index (χ1) is 10.8.